The van der Waals surface area contributed by atoms with Gasteiger partial charge < -0.3 is 10.6 Å². The highest BCUT2D eigenvalue weighted by Crippen LogP contribution is 2.29. The van der Waals surface area contributed by atoms with Crippen LogP contribution in [0.3, 0.4) is 0 Å². The molecule has 3 heterocycles. The number of thioether (sulfide) groups is 1. The first-order valence-corrected chi connectivity index (χ1v) is 9.34. The highest BCUT2D eigenvalue weighted by atomic mass is 32.2. The van der Waals surface area contributed by atoms with Crippen molar-refractivity contribution in [3.8, 4) is 5.69 Å². The highest BCUT2D eigenvalue weighted by molar-refractivity contribution is 7.98. The third-order valence-corrected chi connectivity index (χ3v) is 4.96. The second-order valence-corrected chi connectivity index (χ2v) is 6.76. The number of fused-ring (bicyclic) bond motifs is 1. The number of nitrogens with two attached hydrogens (primary N) is 1. The topological polar surface area (TPSA) is 72.9 Å². The lowest BCUT2D eigenvalue weighted by molar-refractivity contribution is 0.498. The van der Waals surface area contributed by atoms with Gasteiger partial charge in [-0.3, -0.25) is 0 Å². The van der Waals surface area contributed by atoms with Crippen LogP contribution >= 0.6 is 11.8 Å². The number of hydrogen-bond donors (Lipinski definition) is 1. The molecular formula is C17H20N6S. The molecule has 0 bridgehead atoms. The van der Waals surface area contributed by atoms with Gasteiger partial charge in [0.15, 0.2) is 10.8 Å². The van der Waals surface area contributed by atoms with Crippen LogP contribution in [0.1, 0.15) is 12.8 Å². The number of para-hydroxylation sites is 1. The van der Waals surface area contributed by atoms with Gasteiger partial charge in [-0.05, 0) is 31.2 Å². The largest absolute Gasteiger partial charge is 0.356 e. The smallest absolute Gasteiger partial charge is 0.191 e. The van der Waals surface area contributed by atoms with E-state index in [1.165, 1.54) is 0 Å². The number of anilines is 1. The van der Waals surface area contributed by atoms with Gasteiger partial charge in [0.05, 0.1) is 17.3 Å². The summed E-state index contributed by atoms with van der Waals surface area (Å²) in [6, 6.07) is 10.4. The normalized spacial score (nSPS) is 16.0. The predicted octanol–water partition coefficient (Wildman–Crippen LogP) is 2.46. The second kappa shape index (κ2) is 6.41. The molecule has 1 aliphatic rings. The third-order valence-electron chi connectivity index (χ3n) is 4.41. The Kier molecular flexibility index (Phi) is 4.12. The molecule has 0 amide bonds. The number of rotatable bonds is 3. The predicted molar refractivity (Wildman–Crippen MR) is 97.9 cm³/mol. The zero-order chi connectivity index (χ0) is 16.5. The van der Waals surface area contributed by atoms with E-state index in [2.05, 4.69) is 10.00 Å². The Morgan fingerprint density at radius 3 is 2.58 bits per heavy atom. The highest BCUT2D eigenvalue weighted by Gasteiger charge is 2.22. The Balaban J connectivity index is 1.84. The molecule has 3 aromatic rings. The molecule has 1 aliphatic heterocycles. The lowest BCUT2D eigenvalue weighted by Crippen LogP contribution is -2.40. The van der Waals surface area contributed by atoms with Gasteiger partial charge in [0.1, 0.15) is 5.82 Å². The zero-order valence-electron chi connectivity index (χ0n) is 13.6. The molecule has 6 nitrogen and oxygen atoms in total. The van der Waals surface area contributed by atoms with Crippen LogP contribution in [0, 0.1) is 0 Å². The average molecular weight is 340 g/mol. The van der Waals surface area contributed by atoms with Gasteiger partial charge >= 0.3 is 0 Å². The molecule has 0 aliphatic carbocycles. The van der Waals surface area contributed by atoms with Crippen molar-refractivity contribution in [3.05, 3.63) is 36.5 Å². The van der Waals surface area contributed by atoms with E-state index < -0.39 is 0 Å². The Morgan fingerprint density at radius 2 is 1.88 bits per heavy atom. The molecule has 0 radical (unpaired) electrons. The summed E-state index contributed by atoms with van der Waals surface area (Å²) in [4.78, 5) is 11.8. The van der Waals surface area contributed by atoms with Crippen LogP contribution in [-0.4, -0.2) is 45.1 Å². The van der Waals surface area contributed by atoms with Crippen LogP contribution < -0.4 is 10.6 Å². The summed E-state index contributed by atoms with van der Waals surface area (Å²) in [7, 11) is 0. The molecule has 2 N–H and O–H groups in total. The van der Waals surface area contributed by atoms with Crippen molar-refractivity contribution in [1.29, 1.82) is 0 Å². The molecule has 1 saturated heterocycles. The fourth-order valence-electron chi connectivity index (χ4n) is 3.08. The van der Waals surface area contributed by atoms with E-state index in [4.69, 9.17) is 15.7 Å². The van der Waals surface area contributed by atoms with Crippen molar-refractivity contribution < 1.29 is 0 Å². The molecule has 0 spiro atoms. The second-order valence-electron chi connectivity index (χ2n) is 5.99. The molecule has 0 unspecified atom stereocenters. The van der Waals surface area contributed by atoms with Crippen LogP contribution in [0.2, 0.25) is 0 Å². The van der Waals surface area contributed by atoms with Gasteiger partial charge in [-0.25, -0.2) is 14.6 Å². The van der Waals surface area contributed by atoms with Crippen LogP contribution in [0.15, 0.2) is 41.7 Å². The Morgan fingerprint density at radius 1 is 1.12 bits per heavy atom. The molecule has 7 heteroatoms. The van der Waals surface area contributed by atoms with Crippen molar-refractivity contribution in [3.63, 3.8) is 0 Å². The summed E-state index contributed by atoms with van der Waals surface area (Å²) in [5.41, 5.74) is 7.90. The molecule has 24 heavy (non-hydrogen) atoms. The summed E-state index contributed by atoms with van der Waals surface area (Å²) in [6.07, 6.45) is 5.86. The number of piperidine rings is 1. The SMILES string of the molecule is CSc1nc(N2CCC(N)CC2)c2cnn(-c3ccccc3)c2n1. The number of aromatic nitrogens is 4. The van der Waals surface area contributed by atoms with Crippen molar-refractivity contribution >= 4 is 28.6 Å². The summed E-state index contributed by atoms with van der Waals surface area (Å²) >= 11 is 1.55. The summed E-state index contributed by atoms with van der Waals surface area (Å²) in [6.45, 7) is 1.86. The van der Waals surface area contributed by atoms with Gasteiger partial charge in [-0.1, -0.05) is 30.0 Å². The molecule has 2 aromatic heterocycles. The zero-order valence-corrected chi connectivity index (χ0v) is 14.4. The molecular weight excluding hydrogens is 320 g/mol. The third kappa shape index (κ3) is 2.74. The van der Waals surface area contributed by atoms with E-state index in [0.29, 0.717) is 6.04 Å². The Bertz CT molecular complexity index is 839. The first-order valence-electron chi connectivity index (χ1n) is 8.12. The van der Waals surface area contributed by atoms with Crippen LogP contribution in [-0.2, 0) is 0 Å². The van der Waals surface area contributed by atoms with Crippen molar-refractivity contribution in [1.82, 2.24) is 19.7 Å². The van der Waals surface area contributed by atoms with E-state index in [-0.39, 0.29) is 0 Å². The van der Waals surface area contributed by atoms with Gasteiger partial charge in [0.2, 0.25) is 0 Å². The molecule has 1 aromatic carbocycles. The number of benzene rings is 1. The first kappa shape index (κ1) is 15.4. The quantitative estimate of drug-likeness (QED) is 0.583. The van der Waals surface area contributed by atoms with E-state index in [0.717, 1.165) is 53.6 Å². The van der Waals surface area contributed by atoms with E-state index >= 15 is 0 Å². The fraction of sp³-hybridized carbons (Fsp3) is 0.353. The summed E-state index contributed by atoms with van der Waals surface area (Å²) < 4.78 is 1.88. The van der Waals surface area contributed by atoms with E-state index in [1.54, 1.807) is 11.8 Å². The maximum Gasteiger partial charge on any atom is 0.191 e. The van der Waals surface area contributed by atoms with Crippen LogP contribution in [0.4, 0.5) is 5.82 Å². The lowest BCUT2D eigenvalue weighted by Gasteiger charge is -2.31. The fourth-order valence-corrected chi connectivity index (χ4v) is 3.43. The van der Waals surface area contributed by atoms with Crippen LogP contribution in [0.25, 0.3) is 16.7 Å². The molecule has 124 valence electrons. The lowest BCUT2D eigenvalue weighted by atomic mass is 10.1. The molecule has 0 saturated carbocycles. The number of hydrogen-bond acceptors (Lipinski definition) is 6. The Labute approximate surface area is 145 Å². The van der Waals surface area contributed by atoms with Gasteiger partial charge in [-0.2, -0.15) is 5.10 Å². The standard InChI is InChI=1S/C17H20N6S/c1-24-17-20-15(22-9-7-12(18)8-10-22)14-11-19-23(16(14)21-17)13-5-3-2-4-6-13/h2-6,11-12H,7-10,18H2,1H3. The minimum absolute atomic E-state index is 0.297. The summed E-state index contributed by atoms with van der Waals surface area (Å²) in [5, 5.41) is 6.33. The van der Waals surface area contributed by atoms with Gasteiger partial charge in [0, 0.05) is 19.1 Å². The van der Waals surface area contributed by atoms with Crippen LogP contribution in [0.5, 0.6) is 0 Å². The maximum atomic E-state index is 6.04. The van der Waals surface area contributed by atoms with E-state index in [9.17, 15) is 0 Å². The van der Waals surface area contributed by atoms with Gasteiger partial charge in [-0.15, -0.1) is 0 Å². The minimum atomic E-state index is 0.297. The van der Waals surface area contributed by atoms with E-state index in [1.807, 2.05) is 47.5 Å². The molecule has 4 rings (SSSR count). The Hall–Kier alpha value is -2.12. The first-order chi connectivity index (χ1) is 11.8. The number of nitrogens with zero attached hydrogens (tertiary/aromatic N) is 5. The minimum Gasteiger partial charge on any atom is -0.356 e. The molecule has 0 atom stereocenters. The monoisotopic (exact) mass is 340 g/mol. The maximum absolute atomic E-state index is 6.04. The summed E-state index contributed by atoms with van der Waals surface area (Å²) in [5.74, 6) is 0.971. The van der Waals surface area contributed by atoms with Crippen molar-refractivity contribution in [2.24, 2.45) is 5.73 Å². The average Bonchev–Trinajstić information content (AvgIpc) is 3.06. The molecule has 1 fully saturated rings. The van der Waals surface area contributed by atoms with Crippen molar-refractivity contribution in [2.75, 3.05) is 24.2 Å². The van der Waals surface area contributed by atoms with Crippen molar-refractivity contribution in [2.45, 2.75) is 24.0 Å². The van der Waals surface area contributed by atoms with Gasteiger partial charge in [0.25, 0.3) is 0 Å².